The highest BCUT2D eigenvalue weighted by molar-refractivity contribution is 5.89. The summed E-state index contributed by atoms with van der Waals surface area (Å²) >= 11 is 0. The Morgan fingerprint density at radius 1 is 1.31 bits per heavy atom. The number of fused-ring (bicyclic) bond motifs is 1. The molecular formula is C19H21N5O2. The van der Waals surface area contributed by atoms with E-state index in [-0.39, 0.29) is 18.1 Å². The molecule has 2 N–H and O–H groups in total. The highest BCUT2D eigenvalue weighted by Crippen LogP contribution is 2.32. The van der Waals surface area contributed by atoms with Gasteiger partial charge >= 0.3 is 12.0 Å². The van der Waals surface area contributed by atoms with Gasteiger partial charge in [-0.2, -0.15) is 4.98 Å². The van der Waals surface area contributed by atoms with Crippen LogP contribution in [0.15, 0.2) is 42.6 Å². The summed E-state index contributed by atoms with van der Waals surface area (Å²) in [4.78, 5) is 26.3. The van der Waals surface area contributed by atoms with Crippen molar-refractivity contribution in [3.8, 4) is 6.01 Å². The number of H-pyrrole nitrogens is 1. The number of aromatic nitrogens is 3. The summed E-state index contributed by atoms with van der Waals surface area (Å²) in [7, 11) is 1.50. The molecule has 2 aromatic heterocycles. The molecule has 1 saturated heterocycles. The van der Waals surface area contributed by atoms with Crippen LogP contribution >= 0.6 is 0 Å². The number of para-hydroxylation sites is 1. The van der Waals surface area contributed by atoms with E-state index >= 15 is 0 Å². The maximum atomic E-state index is 12.9. The van der Waals surface area contributed by atoms with Crippen molar-refractivity contribution in [3.63, 3.8) is 0 Å². The summed E-state index contributed by atoms with van der Waals surface area (Å²) in [5, 5.41) is 4.02. The van der Waals surface area contributed by atoms with Crippen molar-refractivity contribution in [2.45, 2.75) is 25.3 Å². The van der Waals surface area contributed by atoms with Gasteiger partial charge in [0.2, 0.25) is 0 Å². The molecule has 3 aromatic rings. The molecule has 3 heterocycles. The second kappa shape index (κ2) is 7.03. The molecule has 0 radical (unpaired) electrons. The number of anilines is 1. The van der Waals surface area contributed by atoms with Crippen LogP contribution in [-0.4, -0.2) is 39.5 Å². The molecule has 1 atom stereocenters. The first-order valence-electron chi connectivity index (χ1n) is 8.77. The van der Waals surface area contributed by atoms with Crippen molar-refractivity contribution in [1.82, 2.24) is 19.9 Å². The number of hydrogen-bond donors (Lipinski definition) is 2. The van der Waals surface area contributed by atoms with Crippen LogP contribution in [0.1, 0.15) is 31.0 Å². The summed E-state index contributed by atoms with van der Waals surface area (Å²) in [5.41, 5.74) is 2.16. The SMILES string of the molecule is COc1nccc(NC(=O)N2CCCCC2c2cc3ccccc3[nH]2)n1. The minimum absolute atomic E-state index is 0.0277. The number of benzene rings is 1. The summed E-state index contributed by atoms with van der Waals surface area (Å²) in [6, 6.07) is 12.1. The molecule has 0 spiro atoms. The third-order valence-electron chi connectivity index (χ3n) is 4.72. The molecule has 7 nitrogen and oxygen atoms in total. The molecule has 4 rings (SSSR count). The van der Waals surface area contributed by atoms with Crippen molar-refractivity contribution in [1.29, 1.82) is 0 Å². The molecule has 1 fully saturated rings. The zero-order valence-electron chi connectivity index (χ0n) is 14.6. The quantitative estimate of drug-likeness (QED) is 0.753. The fourth-order valence-electron chi connectivity index (χ4n) is 3.46. The lowest BCUT2D eigenvalue weighted by Gasteiger charge is -2.35. The Balaban J connectivity index is 1.57. The highest BCUT2D eigenvalue weighted by Gasteiger charge is 2.29. The van der Waals surface area contributed by atoms with Gasteiger partial charge in [0.15, 0.2) is 0 Å². The maximum Gasteiger partial charge on any atom is 0.323 e. The number of nitrogens with zero attached hydrogens (tertiary/aromatic N) is 3. The number of rotatable bonds is 3. The predicted octanol–water partition coefficient (Wildman–Crippen LogP) is 3.73. The largest absolute Gasteiger partial charge is 0.467 e. The first kappa shape index (κ1) is 16.4. The van der Waals surface area contributed by atoms with Crippen LogP contribution in [0.3, 0.4) is 0 Å². The summed E-state index contributed by atoms with van der Waals surface area (Å²) < 4.78 is 5.01. The van der Waals surface area contributed by atoms with E-state index in [0.717, 1.165) is 35.9 Å². The highest BCUT2D eigenvalue weighted by atomic mass is 16.5. The molecule has 26 heavy (non-hydrogen) atoms. The van der Waals surface area contributed by atoms with Crippen molar-refractivity contribution >= 4 is 22.8 Å². The van der Waals surface area contributed by atoms with E-state index in [1.807, 2.05) is 17.0 Å². The first-order chi connectivity index (χ1) is 12.7. The summed E-state index contributed by atoms with van der Waals surface area (Å²) in [5.74, 6) is 0.433. The molecule has 0 saturated carbocycles. The number of likely N-dealkylation sites (tertiary alicyclic amines) is 1. The molecule has 1 aliphatic heterocycles. The monoisotopic (exact) mass is 351 g/mol. The third kappa shape index (κ3) is 3.20. The number of methoxy groups -OCH3 is 1. The fraction of sp³-hybridized carbons (Fsp3) is 0.316. The van der Waals surface area contributed by atoms with Crippen molar-refractivity contribution in [3.05, 3.63) is 48.3 Å². The van der Waals surface area contributed by atoms with Gasteiger partial charge in [-0.3, -0.25) is 5.32 Å². The van der Waals surface area contributed by atoms with E-state index in [9.17, 15) is 4.79 Å². The number of urea groups is 1. The van der Waals surface area contributed by atoms with Crippen molar-refractivity contribution < 1.29 is 9.53 Å². The van der Waals surface area contributed by atoms with Crippen molar-refractivity contribution in [2.24, 2.45) is 0 Å². The number of ether oxygens (including phenoxy) is 1. The van der Waals surface area contributed by atoms with Gasteiger partial charge in [-0.1, -0.05) is 18.2 Å². The van der Waals surface area contributed by atoms with Gasteiger partial charge in [0.1, 0.15) is 5.82 Å². The standard InChI is InChI=1S/C19H21N5O2/c1-26-18-20-10-9-17(22-18)23-19(25)24-11-5-4-8-16(24)15-12-13-6-2-3-7-14(13)21-15/h2-3,6-7,9-10,12,16,21H,4-5,8,11H2,1H3,(H,20,22,23,25). The molecular weight excluding hydrogens is 330 g/mol. The average Bonchev–Trinajstić information content (AvgIpc) is 3.12. The number of hydrogen-bond acceptors (Lipinski definition) is 4. The Hall–Kier alpha value is -3.09. The second-order valence-electron chi connectivity index (χ2n) is 6.38. The van der Waals surface area contributed by atoms with Gasteiger partial charge in [0.05, 0.1) is 13.2 Å². The lowest BCUT2D eigenvalue weighted by Crippen LogP contribution is -2.41. The number of amides is 2. The lowest BCUT2D eigenvalue weighted by atomic mass is 10.00. The maximum absolute atomic E-state index is 12.9. The van der Waals surface area contributed by atoms with E-state index < -0.39 is 0 Å². The van der Waals surface area contributed by atoms with Crippen LogP contribution in [0.5, 0.6) is 6.01 Å². The van der Waals surface area contributed by atoms with E-state index in [1.165, 1.54) is 7.11 Å². The van der Waals surface area contributed by atoms with Gasteiger partial charge in [0.25, 0.3) is 0 Å². The topological polar surface area (TPSA) is 83.1 Å². The molecule has 7 heteroatoms. The molecule has 0 bridgehead atoms. The molecule has 1 aromatic carbocycles. The third-order valence-corrected chi connectivity index (χ3v) is 4.72. The van der Waals surface area contributed by atoms with E-state index in [2.05, 4.69) is 38.5 Å². The lowest BCUT2D eigenvalue weighted by molar-refractivity contribution is 0.162. The Bertz CT molecular complexity index is 890. The first-order valence-corrected chi connectivity index (χ1v) is 8.77. The Labute approximate surface area is 151 Å². The zero-order chi connectivity index (χ0) is 17.9. The predicted molar refractivity (Wildman–Crippen MR) is 99.2 cm³/mol. The number of carbonyl (C=O) groups excluding carboxylic acids is 1. The van der Waals surface area contributed by atoms with Crippen LogP contribution in [0, 0.1) is 0 Å². The average molecular weight is 351 g/mol. The second-order valence-corrected chi connectivity index (χ2v) is 6.38. The number of carbonyl (C=O) groups is 1. The van der Waals surface area contributed by atoms with Gasteiger partial charge in [0, 0.05) is 24.0 Å². The van der Waals surface area contributed by atoms with Gasteiger partial charge in [-0.15, -0.1) is 0 Å². The van der Waals surface area contributed by atoms with Crippen LogP contribution in [0.2, 0.25) is 0 Å². The zero-order valence-corrected chi connectivity index (χ0v) is 14.6. The number of nitrogens with one attached hydrogen (secondary N) is 2. The molecule has 134 valence electrons. The van der Waals surface area contributed by atoms with E-state index in [1.54, 1.807) is 12.3 Å². The fourth-order valence-corrected chi connectivity index (χ4v) is 3.46. The van der Waals surface area contributed by atoms with Gasteiger partial charge < -0.3 is 14.6 Å². The van der Waals surface area contributed by atoms with Crippen LogP contribution in [0.25, 0.3) is 10.9 Å². The minimum Gasteiger partial charge on any atom is -0.467 e. The number of piperidine rings is 1. The number of aromatic amines is 1. The van der Waals surface area contributed by atoms with E-state index in [4.69, 9.17) is 4.74 Å². The minimum atomic E-state index is -0.158. The van der Waals surface area contributed by atoms with Crippen LogP contribution < -0.4 is 10.1 Å². The summed E-state index contributed by atoms with van der Waals surface area (Å²) in [6.45, 7) is 0.716. The Kier molecular flexibility index (Phi) is 4.43. The van der Waals surface area contributed by atoms with Crippen LogP contribution in [0.4, 0.5) is 10.6 Å². The molecule has 0 aliphatic carbocycles. The molecule has 2 amide bonds. The van der Waals surface area contributed by atoms with Crippen molar-refractivity contribution in [2.75, 3.05) is 19.0 Å². The smallest absolute Gasteiger partial charge is 0.323 e. The normalized spacial score (nSPS) is 17.3. The van der Waals surface area contributed by atoms with Crippen LogP contribution in [-0.2, 0) is 0 Å². The Morgan fingerprint density at radius 3 is 3.04 bits per heavy atom. The van der Waals surface area contributed by atoms with Gasteiger partial charge in [-0.05, 0) is 42.8 Å². The molecule has 1 unspecified atom stereocenters. The molecule has 1 aliphatic rings. The summed E-state index contributed by atoms with van der Waals surface area (Å²) in [6.07, 6.45) is 4.60. The Morgan fingerprint density at radius 2 is 2.19 bits per heavy atom. The van der Waals surface area contributed by atoms with E-state index in [0.29, 0.717) is 12.4 Å². The van der Waals surface area contributed by atoms with Gasteiger partial charge in [-0.25, -0.2) is 9.78 Å².